The summed E-state index contributed by atoms with van der Waals surface area (Å²) in [5.74, 6) is 1.64. The molecule has 0 radical (unpaired) electrons. The minimum absolute atomic E-state index is 0.743. The largest absolute Gasteiger partial charge is 0.355 e. The minimum atomic E-state index is 0.743. The van der Waals surface area contributed by atoms with Gasteiger partial charge >= 0.3 is 0 Å². The highest BCUT2D eigenvalue weighted by molar-refractivity contribution is 5.58. The Balaban J connectivity index is 2.35. The molecule has 3 heteroatoms. The molecule has 0 bridgehead atoms. The normalized spacial score (nSPS) is 19.7. The molecule has 0 unspecified atom stereocenters. The van der Waals surface area contributed by atoms with Crippen LogP contribution in [0.4, 0.5) is 5.82 Å². The van der Waals surface area contributed by atoms with Gasteiger partial charge in [-0.25, -0.2) is 4.98 Å². The fourth-order valence-corrected chi connectivity index (χ4v) is 2.77. The molecular weight excluding hydrogens is 222 g/mol. The molecule has 0 spiro atoms. The molecule has 3 nitrogen and oxygen atoms in total. The van der Waals surface area contributed by atoms with Crippen molar-refractivity contribution in [3.05, 3.63) is 22.9 Å². The van der Waals surface area contributed by atoms with Crippen LogP contribution in [0.15, 0.2) is 6.07 Å². The molecule has 1 saturated heterocycles. The second-order valence-corrected chi connectivity index (χ2v) is 5.25. The number of aromatic nitrogens is 1. The number of piperidine rings is 1. The molecule has 1 aromatic rings. The van der Waals surface area contributed by atoms with Crippen LogP contribution in [-0.2, 0) is 0 Å². The average molecular weight is 243 g/mol. The van der Waals surface area contributed by atoms with Gasteiger partial charge in [-0.1, -0.05) is 13.3 Å². The first-order valence-electron chi connectivity index (χ1n) is 6.79. The Hall–Kier alpha value is -1.56. The van der Waals surface area contributed by atoms with Crippen molar-refractivity contribution in [2.45, 2.75) is 40.0 Å². The van der Waals surface area contributed by atoms with Crippen molar-refractivity contribution in [1.82, 2.24) is 4.98 Å². The second-order valence-electron chi connectivity index (χ2n) is 5.25. The van der Waals surface area contributed by atoms with Gasteiger partial charge in [0.1, 0.15) is 11.9 Å². The molecule has 0 aromatic carbocycles. The summed E-state index contributed by atoms with van der Waals surface area (Å²) >= 11 is 0. The van der Waals surface area contributed by atoms with E-state index in [4.69, 9.17) is 0 Å². The van der Waals surface area contributed by atoms with E-state index < -0.39 is 0 Å². The van der Waals surface area contributed by atoms with Gasteiger partial charge in [0.15, 0.2) is 0 Å². The first-order chi connectivity index (χ1) is 8.65. The van der Waals surface area contributed by atoms with Gasteiger partial charge in [0.25, 0.3) is 0 Å². The molecule has 1 aliphatic heterocycles. The SMILES string of the molecule is CC[C@@H]1CCCN(c2nc(C)cc(C)c2C#N)C1. The third kappa shape index (κ3) is 2.48. The standard InChI is InChI=1S/C15H21N3/c1-4-13-6-5-7-18(10-13)15-14(9-16)11(2)8-12(3)17-15/h8,13H,4-7,10H2,1-3H3/t13-/m1/s1. The average Bonchev–Trinajstić information content (AvgIpc) is 2.38. The van der Waals surface area contributed by atoms with Crippen LogP contribution in [-0.4, -0.2) is 18.1 Å². The number of nitrogens with zero attached hydrogens (tertiary/aromatic N) is 3. The summed E-state index contributed by atoms with van der Waals surface area (Å²) in [5.41, 5.74) is 2.79. The highest BCUT2D eigenvalue weighted by atomic mass is 15.2. The lowest BCUT2D eigenvalue weighted by Gasteiger charge is -2.34. The first kappa shape index (κ1) is 12.9. The Morgan fingerprint density at radius 2 is 2.28 bits per heavy atom. The number of hydrogen-bond acceptors (Lipinski definition) is 3. The predicted molar refractivity (Wildman–Crippen MR) is 73.7 cm³/mol. The number of aryl methyl sites for hydroxylation is 2. The van der Waals surface area contributed by atoms with E-state index in [0.29, 0.717) is 0 Å². The fraction of sp³-hybridized carbons (Fsp3) is 0.600. The molecule has 0 N–H and O–H groups in total. The van der Waals surface area contributed by atoms with Gasteiger partial charge in [0.05, 0.1) is 5.56 Å². The summed E-state index contributed by atoms with van der Waals surface area (Å²) in [6.45, 7) is 8.31. The highest BCUT2D eigenvalue weighted by Gasteiger charge is 2.22. The second kappa shape index (κ2) is 5.39. The van der Waals surface area contributed by atoms with Crippen molar-refractivity contribution in [3.8, 4) is 6.07 Å². The Kier molecular flexibility index (Phi) is 3.86. The van der Waals surface area contributed by atoms with Gasteiger partial charge in [-0.15, -0.1) is 0 Å². The number of nitriles is 1. The van der Waals surface area contributed by atoms with E-state index in [9.17, 15) is 5.26 Å². The maximum atomic E-state index is 9.33. The lowest BCUT2D eigenvalue weighted by atomic mass is 9.95. The zero-order valence-electron chi connectivity index (χ0n) is 11.5. The summed E-state index contributed by atoms with van der Waals surface area (Å²) in [5, 5.41) is 9.33. The predicted octanol–water partition coefficient (Wildman–Crippen LogP) is 3.20. The van der Waals surface area contributed by atoms with E-state index in [1.165, 1.54) is 19.3 Å². The van der Waals surface area contributed by atoms with Crippen molar-refractivity contribution in [1.29, 1.82) is 5.26 Å². The molecule has 2 rings (SSSR count). The van der Waals surface area contributed by atoms with Crippen LogP contribution in [0.5, 0.6) is 0 Å². The number of anilines is 1. The Morgan fingerprint density at radius 1 is 1.50 bits per heavy atom. The van der Waals surface area contributed by atoms with E-state index in [1.54, 1.807) is 0 Å². The number of rotatable bonds is 2. The molecule has 0 aliphatic carbocycles. The maximum absolute atomic E-state index is 9.33. The van der Waals surface area contributed by atoms with Crippen LogP contribution < -0.4 is 4.90 Å². The molecular formula is C15H21N3. The van der Waals surface area contributed by atoms with Crippen LogP contribution >= 0.6 is 0 Å². The zero-order chi connectivity index (χ0) is 13.1. The Morgan fingerprint density at radius 3 is 2.94 bits per heavy atom. The van der Waals surface area contributed by atoms with E-state index in [2.05, 4.69) is 22.9 Å². The topological polar surface area (TPSA) is 39.9 Å². The van der Waals surface area contributed by atoms with Crippen LogP contribution in [0, 0.1) is 31.1 Å². The minimum Gasteiger partial charge on any atom is -0.355 e. The highest BCUT2D eigenvalue weighted by Crippen LogP contribution is 2.27. The summed E-state index contributed by atoms with van der Waals surface area (Å²) in [6.07, 6.45) is 3.72. The Labute approximate surface area is 109 Å². The van der Waals surface area contributed by atoms with Crippen molar-refractivity contribution in [3.63, 3.8) is 0 Å². The van der Waals surface area contributed by atoms with Crippen molar-refractivity contribution in [2.24, 2.45) is 5.92 Å². The molecule has 2 heterocycles. The summed E-state index contributed by atoms with van der Waals surface area (Å²) in [7, 11) is 0. The smallest absolute Gasteiger partial charge is 0.147 e. The lowest BCUT2D eigenvalue weighted by molar-refractivity contribution is 0.403. The van der Waals surface area contributed by atoms with Gasteiger partial charge in [-0.3, -0.25) is 0 Å². The van der Waals surface area contributed by atoms with Crippen LogP contribution in [0.3, 0.4) is 0 Å². The van der Waals surface area contributed by atoms with Crippen LogP contribution in [0.2, 0.25) is 0 Å². The first-order valence-corrected chi connectivity index (χ1v) is 6.79. The molecule has 1 atom stereocenters. The zero-order valence-corrected chi connectivity index (χ0v) is 11.5. The summed E-state index contributed by atoms with van der Waals surface area (Å²) < 4.78 is 0. The van der Waals surface area contributed by atoms with E-state index >= 15 is 0 Å². The summed E-state index contributed by atoms with van der Waals surface area (Å²) in [4.78, 5) is 6.90. The quantitative estimate of drug-likeness (QED) is 0.800. The molecule has 1 aromatic heterocycles. The van der Waals surface area contributed by atoms with Gasteiger partial charge in [0, 0.05) is 18.8 Å². The molecule has 0 saturated carbocycles. The molecule has 96 valence electrons. The maximum Gasteiger partial charge on any atom is 0.147 e. The fourth-order valence-electron chi connectivity index (χ4n) is 2.77. The van der Waals surface area contributed by atoms with Crippen LogP contribution in [0.1, 0.15) is 43.0 Å². The van der Waals surface area contributed by atoms with Crippen LogP contribution in [0.25, 0.3) is 0 Å². The third-order valence-electron chi connectivity index (χ3n) is 3.83. The molecule has 1 aliphatic rings. The monoisotopic (exact) mass is 243 g/mol. The van der Waals surface area contributed by atoms with Gasteiger partial charge in [0.2, 0.25) is 0 Å². The van der Waals surface area contributed by atoms with Gasteiger partial charge < -0.3 is 4.90 Å². The van der Waals surface area contributed by atoms with Crippen molar-refractivity contribution >= 4 is 5.82 Å². The van der Waals surface area contributed by atoms with E-state index in [-0.39, 0.29) is 0 Å². The van der Waals surface area contributed by atoms with Crippen molar-refractivity contribution < 1.29 is 0 Å². The summed E-state index contributed by atoms with van der Waals surface area (Å²) in [6, 6.07) is 4.31. The number of pyridine rings is 1. The van der Waals surface area contributed by atoms with E-state index in [1.807, 2.05) is 19.9 Å². The van der Waals surface area contributed by atoms with Crippen molar-refractivity contribution in [2.75, 3.05) is 18.0 Å². The van der Waals surface area contributed by atoms with E-state index in [0.717, 1.165) is 41.6 Å². The molecule has 0 amide bonds. The van der Waals surface area contributed by atoms with Gasteiger partial charge in [-0.2, -0.15) is 5.26 Å². The van der Waals surface area contributed by atoms with Gasteiger partial charge in [-0.05, 0) is 44.2 Å². The Bertz CT molecular complexity index is 473. The third-order valence-corrected chi connectivity index (χ3v) is 3.83. The number of hydrogen-bond donors (Lipinski definition) is 0. The molecule has 1 fully saturated rings. The lowest BCUT2D eigenvalue weighted by Crippen LogP contribution is -2.36. The molecule has 18 heavy (non-hydrogen) atoms.